The van der Waals surface area contributed by atoms with Gasteiger partial charge in [-0.3, -0.25) is 14.9 Å². The van der Waals surface area contributed by atoms with Crippen molar-refractivity contribution in [3.63, 3.8) is 0 Å². The van der Waals surface area contributed by atoms with Gasteiger partial charge in [-0.05, 0) is 31.2 Å². The van der Waals surface area contributed by atoms with E-state index in [0.717, 1.165) is 24.8 Å². The summed E-state index contributed by atoms with van der Waals surface area (Å²) in [5.41, 5.74) is 1.09. The molecule has 1 N–H and O–H groups in total. The Bertz CT molecular complexity index is 490. The van der Waals surface area contributed by atoms with Gasteiger partial charge in [-0.25, -0.2) is 0 Å². The number of carbonyl (C=O) groups excluding carboxylic acids is 1. The number of nitro groups is 1. The van der Waals surface area contributed by atoms with Crippen LogP contribution in [0.5, 0.6) is 0 Å². The van der Waals surface area contributed by atoms with Gasteiger partial charge in [0.15, 0.2) is 0 Å². The van der Waals surface area contributed by atoms with Crippen LogP contribution in [0.1, 0.15) is 24.8 Å². The molecule has 1 fully saturated rings. The molecule has 1 heterocycles. The summed E-state index contributed by atoms with van der Waals surface area (Å²) in [6.45, 7) is 0. The van der Waals surface area contributed by atoms with Crippen molar-refractivity contribution in [2.75, 3.05) is 5.88 Å². The topological polar surface area (TPSA) is 72.2 Å². The number of hydrogen-bond donors (Lipinski definition) is 1. The molecule has 2 atom stereocenters. The first-order valence-electron chi connectivity index (χ1n) is 6.70. The number of benzene rings is 1. The van der Waals surface area contributed by atoms with Gasteiger partial charge in [0.25, 0.3) is 5.69 Å². The van der Waals surface area contributed by atoms with E-state index in [4.69, 9.17) is 11.6 Å². The zero-order valence-corrected chi connectivity index (χ0v) is 11.8. The third kappa shape index (κ3) is 3.70. The molecule has 1 saturated heterocycles. The van der Waals surface area contributed by atoms with Crippen molar-refractivity contribution in [2.24, 2.45) is 5.92 Å². The predicted octanol–water partition coefficient (Wildman–Crippen LogP) is 2.66. The quantitative estimate of drug-likeness (QED) is 0.498. The van der Waals surface area contributed by atoms with Crippen LogP contribution < -0.4 is 5.32 Å². The van der Waals surface area contributed by atoms with Crippen LogP contribution in [-0.4, -0.2) is 22.8 Å². The van der Waals surface area contributed by atoms with Crippen LogP contribution in [0.25, 0.3) is 0 Å². The fourth-order valence-corrected chi connectivity index (χ4v) is 2.73. The standard InChI is InChI=1S/C14H17ClN2O3/c15-7-1-2-11-9-12(16-14(11)18)8-10-3-5-13(6-4-10)17(19)20/h3-6,11-12H,1-2,7-9H2,(H,16,18)/t11-,12-/m1/s1. The van der Waals surface area contributed by atoms with Crippen molar-refractivity contribution in [3.05, 3.63) is 39.9 Å². The van der Waals surface area contributed by atoms with Gasteiger partial charge in [-0.2, -0.15) is 0 Å². The van der Waals surface area contributed by atoms with Gasteiger partial charge in [-0.15, -0.1) is 11.6 Å². The van der Waals surface area contributed by atoms with Gasteiger partial charge in [0, 0.05) is 30.0 Å². The van der Waals surface area contributed by atoms with E-state index < -0.39 is 4.92 Å². The molecule has 0 unspecified atom stereocenters. The third-order valence-electron chi connectivity index (χ3n) is 3.60. The van der Waals surface area contributed by atoms with Crippen molar-refractivity contribution >= 4 is 23.2 Å². The maximum Gasteiger partial charge on any atom is 0.269 e. The van der Waals surface area contributed by atoms with Crippen LogP contribution in [0.3, 0.4) is 0 Å². The Hall–Kier alpha value is -1.62. The molecule has 2 rings (SSSR count). The second-order valence-electron chi connectivity index (χ2n) is 5.10. The molecule has 0 spiro atoms. The Morgan fingerprint density at radius 3 is 2.65 bits per heavy atom. The Labute approximate surface area is 122 Å². The number of halogens is 1. The predicted molar refractivity (Wildman–Crippen MR) is 76.8 cm³/mol. The van der Waals surface area contributed by atoms with E-state index in [9.17, 15) is 14.9 Å². The van der Waals surface area contributed by atoms with Crippen LogP contribution in [0.4, 0.5) is 5.69 Å². The van der Waals surface area contributed by atoms with Crippen molar-refractivity contribution in [1.82, 2.24) is 5.32 Å². The van der Waals surface area contributed by atoms with Crippen LogP contribution in [-0.2, 0) is 11.2 Å². The summed E-state index contributed by atoms with van der Waals surface area (Å²) in [6, 6.07) is 6.60. The van der Waals surface area contributed by atoms with E-state index in [-0.39, 0.29) is 23.6 Å². The number of nitro benzene ring substituents is 1. The first-order chi connectivity index (χ1) is 9.60. The largest absolute Gasteiger partial charge is 0.353 e. The van der Waals surface area contributed by atoms with E-state index in [1.807, 2.05) is 0 Å². The van der Waals surface area contributed by atoms with Crippen LogP contribution in [0.15, 0.2) is 24.3 Å². The van der Waals surface area contributed by atoms with Crippen LogP contribution in [0, 0.1) is 16.0 Å². The van der Waals surface area contributed by atoms with Crippen molar-refractivity contribution < 1.29 is 9.72 Å². The Kier molecular flexibility index (Phi) is 4.95. The number of alkyl halides is 1. The molecule has 6 heteroatoms. The summed E-state index contributed by atoms with van der Waals surface area (Å²) in [4.78, 5) is 21.9. The molecule has 1 aromatic carbocycles. The van der Waals surface area contributed by atoms with Crippen LogP contribution in [0.2, 0.25) is 0 Å². The SMILES string of the molecule is O=C1N[C@H](Cc2ccc([N+](=O)[O-])cc2)C[C@H]1CCCCl. The van der Waals surface area contributed by atoms with E-state index in [1.54, 1.807) is 12.1 Å². The average Bonchev–Trinajstić information content (AvgIpc) is 2.77. The summed E-state index contributed by atoms with van der Waals surface area (Å²) in [7, 11) is 0. The lowest BCUT2D eigenvalue weighted by atomic mass is 9.96. The molecule has 0 radical (unpaired) electrons. The van der Waals surface area contributed by atoms with Gasteiger partial charge in [0.05, 0.1) is 4.92 Å². The highest BCUT2D eigenvalue weighted by Gasteiger charge is 2.31. The number of rotatable bonds is 6. The number of amides is 1. The highest BCUT2D eigenvalue weighted by Crippen LogP contribution is 2.23. The highest BCUT2D eigenvalue weighted by molar-refractivity contribution is 6.17. The van der Waals surface area contributed by atoms with Crippen molar-refractivity contribution in [3.8, 4) is 0 Å². The summed E-state index contributed by atoms with van der Waals surface area (Å²) in [5.74, 6) is 0.732. The molecule has 1 aromatic rings. The number of non-ortho nitro benzene ring substituents is 1. The normalized spacial score (nSPS) is 21.8. The molecule has 20 heavy (non-hydrogen) atoms. The maximum atomic E-state index is 11.8. The molecular formula is C14H17ClN2O3. The minimum atomic E-state index is -0.413. The molecule has 5 nitrogen and oxygen atoms in total. The van der Waals surface area contributed by atoms with E-state index in [2.05, 4.69) is 5.32 Å². The summed E-state index contributed by atoms with van der Waals surface area (Å²) in [5, 5.41) is 13.6. The summed E-state index contributed by atoms with van der Waals surface area (Å²) < 4.78 is 0. The Balaban J connectivity index is 1.91. The monoisotopic (exact) mass is 296 g/mol. The van der Waals surface area contributed by atoms with E-state index in [0.29, 0.717) is 12.3 Å². The first kappa shape index (κ1) is 14.8. The smallest absolute Gasteiger partial charge is 0.269 e. The van der Waals surface area contributed by atoms with Gasteiger partial charge in [0.2, 0.25) is 5.91 Å². The number of hydrogen-bond acceptors (Lipinski definition) is 3. The third-order valence-corrected chi connectivity index (χ3v) is 3.87. The lowest BCUT2D eigenvalue weighted by molar-refractivity contribution is -0.384. The number of nitrogens with one attached hydrogen (secondary N) is 1. The minimum absolute atomic E-state index is 0.0526. The van der Waals surface area contributed by atoms with Crippen molar-refractivity contribution in [1.29, 1.82) is 0 Å². The summed E-state index contributed by atoms with van der Waals surface area (Å²) >= 11 is 5.65. The first-order valence-corrected chi connectivity index (χ1v) is 7.23. The molecule has 0 aromatic heterocycles. The highest BCUT2D eigenvalue weighted by atomic mass is 35.5. The summed E-state index contributed by atoms with van der Waals surface area (Å²) in [6.07, 6.45) is 3.20. The fraction of sp³-hybridized carbons (Fsp3) is 0.500. The lowest BCUT2D eigenvalue weighted by Gasteiger charge is -2.09. The molecule has 0 saturated carbocycles. The minimum Gasteiger partial charge on any atom is -0.353 e. The van der Waals surface area contributed by atoms with Gasteiger partial charge in [0.1, 0.15) is 0 Å². The van der Waals surface area contributed by atoms with Gasteiger partial charge in [-0.1, -0.05) is 12.1 Å². The van der Waals surface area contributed by atoms with Gasteiger partial charge < -0.3 is 5.32 Å². The zero-order chi connectivity index (χ0) is 14.5. The molecular weight excluding hydrogens is 280 g/mol. The molecule has 108 valence electrons. The number of carbonyl (C=O) groups is 1. The second kappa shape index (κ2) is 6.70. The van der Waals surface area contributed by atoms with Gasteiger partial charge >= 0.3 is 0 Å². The second-order valence-corrected chi connectivity index (χ2v) is 5.47. The molecule has 1 aliphatic rings. The average molecular weight is 297 g/mol. The molecule has 0 aliphatic carbocycles. The Morgan fingerprint density at radius 2 is 2.05 bits per heavy atom. The maximum absolute atomic E-state index is 11.8. The Morgan fingerprint density at radius 1 is 1.35 bits per heavy atom. The van der Waals surface area contributed by atoms with E-state index in [1.165, 1.54) is 12.1 Å². The lowest BCUT2D eigenvalue weighted by Crippen LogP contribution is -2.28. The van der Waals surface area contributed by atoms with Crippen molar-refractivity contribution in [2.45, 2.75) is 31.7 Å². The molecule has 1 amide bonds. The number of nitrogens with zero attached hydrogens (tertiary/aromatic N) is 1. The zero-order valence-electron chi connectivity index (χ0n) is 11.0. The van der Waals surface area contributed by atoms with Crippen LogP contribution >= 0.6 is 11.6 Å². The molecule has 0 bridgehead atoms. The fourth-order valence-electron chi connectivity index (χ4n) is 2.57. The molecule has 1 aliphatic heterocycles. The van der Waals surface area contributed by atoms with E-state index >= 15 is 0 Å².